The first-order valence-electron chi connectivity index (χ1n) is 20.2. The highest BCUT2D eigenvalue weighted by molar-refractivity contribution is 5.90. The van der Waals surface area contributed by atoms with Crippen LogP contribution in [0.4, 0.5) is 0 Å². The van der Waals surface area contributed by atoms with Crippen LogP contribution in [0.5, 0.6) is 0 Å². The number of aryl methyl sites for hydroxylation is 1. The molecule has 2 heterocycles. The van der Waals surface area contributed by atoms with Crippen molar-refractivity contribution >= 4 is 28.8 Å². The lowest BCUT2D eigenvalue weighted by Crippen LogP contribution is -2.32. The number of nitrogens with zero attached hydrogens (tertiary/aromatic N) is 3. The third-order valence-electron chi connectivity index (χ3n) is 13.4. The van der Waals surface area contributed by atoms with Gasteiger partial charge in [-0.2, -0.15) is 5.26 Å². The highest BCUT2D eigenvalue weighted by atomic mass is 15.1. The van der Waals surface area contributed by atoms with Gasteiger partial charge in [0, 0.05) is 34.1 Å². The number of hydrogen-bond acceptors (Lipinski definition) is 1. The predicted molar refractivity (Wildman–Crippen MR) is 215 cm³/mol. The molecular weight excluding hydrogens is 631 g/mol. The Bertz CT molecular complexity index is 2260. The molecule has 0 fully saturated rings. The van der Waals surface area contributed by atoms with Gasteiger partial charge in [0.05, 0.1) is 23.5 Å². The van der Waals surface area contributed by atoms with Crippen LogP contribution in [0.15, 0.2) is 114 Å². The largest absolute Gasteiger partial charge is 0.337 e. The SMILES string of the molecule is N#CC1C=CC=CC1C1=CC=CCC1C1C=CCCC1C1=CC(n2c3c(c4ccccc42)CCCC3)=CC(n2c3c(c4c2CCC=C4)CCC=C3)C1. The first kappa shape index (κ1) is 31.9. The van der Waals surface area contributed by atoms with Crippen LogP contribution in [0.25, 0.3) is 28.8 Å². The van der Waals surface area contributed by atoms with Crippen LogP contribution in [-0.4, -0.2) is 9.13 Å². The van der Waals surface area contributed by atoms with Gasteiger partial charge in [0.25, 0.3) is 0 Å². The van der Waals surface area contributed by atoms with Crippen LogP contribution >= 0.6 is 0 Å². The number of para-hydroxylation sites is 1. The molecule has 7 aliphatic rings. The molecule has 0 spiro atoms. The van der Waals surface area contributed by atoms with Gasteiger partial charge in [0.1, 0.15) is 0 Å². The van der Waals surface area contributed by atoms with Gasteiger partial charge in [-0.05, 0) is 136 Å². The molecule has 2 aromatic heterocycles. The quantitative estimate of drug-likeness (QED) is 0.247. The summed E-state index contributed by atoms with van der Waals surface area (Å²) in [6.45, 7) is 0. The number of rotatable bonds is 5. The first-order chi connectivity index (χ1) is 25.8. The van der Waals surface area contributed by atoms with E-state index in [1.165, 1.54) is 64.8 Å². The van der Waals surface area contributed by atoms with E-state index in [4.69, 9.17) is 0 Å². The fourth-order valence-corrected chi connectivity index (χ4v) is 11.2. The average molecular weight is 680 g/mol. The summed E-state index contributed by atoms with van der Waals surface area (Å²) in [4.78, 5) is 0. The lowest BCUT2D eigenvalue weighted by Gasteiger charge is -2.41. The van der Waals surface area contributed by atoms with Crippen LogP contribution in [-0.2, 0) is 25.7 Å². The zero-order valence-corrected chi connectivity index (χ0v) is 30.3. The normalized spacial score (nSPS) is 28.9. The lowest BCUT2D eigenvalue weighted by molar-refractivity contribution is 0.293. The summed E-state index contributed by atoms with van der Waals surface area (Å²) in [7, 11) is 0. The van der Waals surface area contributed by atoms with Gasteiger partial charge in [0.15, 0.2) is 0 Å². The number of allylic oxidation sites excluding steroid dienone is 16. The average Bonchev–Trinajstić information content (AvgIpc) is 3.74. The van der Waals surface area contributed by atoms with Crippen LogP contribution in [0, 0.1) is 40.9 Å². The molecule has 7 aliphatic carbocycles. The highest BCUT2D eigenvalue weighted by Gasteiger charge is 2.39. The molecule has 0 aliphatic heterocycles. The topological polar surface area (TPSA) is 33.6 Å². The molecule has 10 rings (SSSR count). The smallest absolute Gasteiger partial charge is 0.0746 e. The lowest BCUT2D eigenvalue weighted by atomic mass is 9.64. The van der Waals surface area contributed by atoms with Crippen LogP contribution < -0.4 is 0 Å². The van der Waals surface area contributed by atoms with Crippen molar-refractivity contribution in [3.8, 4) is 6.07 Å². The summed E-state index contributed by atoms with van der Waals surface area (Å²) in [5.74, 6) is 1.28. The first-order valence-corrected chi connectivity index (χ1v) is 20.2. The molecule has 3 heteroatoms. The summed E-state index contributed by atoms with van der Waals surface area (Å²) in [6, 6.07) is 12.1. The molecule has 0 amide bonds. The summed E-state index contributed by atoms with van der Waals surface area (Å²) < 4.78 is 5.47. The third-order valence-corrected chi connectivity index (χ3v) is 13.4. The van der Waals surface area contributed by atoms with E-state index in [-0.39, 0.29) is 17.9 Å². The van der Waals surface area contributed by atoms with E-state index in [0.29, 0.717) is 17.8 Å². The second kappa shape index (κ2) is 13.3. The minimum absolute atomic E-state index is 0.106. The second-order valence-electron chi connectivity index (χ2n) is 16.1. The van der Waals surface area contributed by atoms with E-state index in [0.717, 1.165) is 51.4 Å². The Morgan fingerprint density at radius 2 is 1.65 bits per heavy atom. The van der Waals surface area contributed by atoms with Crippen molar-refractivity contribution in [2.24, 2.45) is 29.6 Å². The summed E-state index contributed by atoms with van der Waals surface area (Å²) >= 11 is 0. The van der Waals surface area contributed by atoms with E-state index in [1.807, 2.05) is 0 Å². The summed E-state index contributed by atoms with van der Waals surface area (Å²) in [6.07, 6.45) is 49.4. The van der Waals surface area contributed by atoms with Gasteiger partial charge in [-0.15, -0.1) is 0 Å². The molecule has 0 saturated carbocycles. The molecule has 260 valence electrons. The van der Waals surface area contributed by atoms with E-state index < -0.39 is 0 Å². The fourth-order valence-electron chi connectivity index (χ4n) is 11.2. The Morgan fingerprint density at radius 3 is 2.62 bits per heavy atom. The van der Waals surface area contributed by atoms with Crippen molar-refractivity contribution in [1.29, 1.82) is 5.26 Å². The van der Waals surface area contributed by atoms with Crippen molar-refractivity contribution in [2.45, 2.75) is 83.1 Å². The molecule has 6 atom stereocenters. The van der Waals surface area contributed by atoms with Crippen LogP contribution in [0.1, 0.15) is 91.2 Å². The van der Waals surface area contributed by atoms with Gasteiger partial charge in [-0.1, -0.05) is 102 Å². The van der Waals surface area contributed by atoms with Crippen molar-refractivity contribution in [3.63, 3.8) is 0 Å². The number of benzene rings is 1. The third kappa shape index (κ3) is 5.21. The molecule has 3 nitrogen and oxygen atoms in total. The van der Waals surface area contributed by atoms with Crippen molar-refractivity contribution in [3.05, 3.63) is 148 Å². The van der Waals surface area contributed by atoms with E-state index in [9.17, 15) is 5.26 Å². The van der Waals surface area contributed by atoms with Gasteiger partial charge < -0.3 is 9.13 Å². The fraction of sp³-hybridized carbons (Fsp3) is 0.367. The molecule has 0 radical (unpaired) electrons. The molecule has 1 aromatic carbocycles. The number of nitriles is 1. The zero-order chi connectivity index (χ0) is 34.6. The van der Waals surface area contributed by atoms with Gasteiger partial charge in [-0.25, -0.2) is 0 Å². The van der Waals surface area contributed by atoms with Crippen LogP contribution in [0.2, 0.25) is 0 Å². The number of hydrogen-bond donors (Lipinski definition) is 0. The molecule has 0 N–H and O–H groups in total. The minimum atomic E-state index is -0.106. The standard InChI is InChI=1S/C49H49N3/c50-32-33-15-1-2-16-37(33)39-18-5-6-20-41(39)40-19-4-3-17-38(40)34-29-35(51-46-25-11-7-21-42(46)43-22-8-12-26-47(43)51)31-36(30-34)52-48-27-13-9-23-44(48)45-24-10-14-28-49(45)52/h1-2,4-7,9,11,14-16,18-19,21,23,25,28-29,31,33,36-38,40-41H,3,8,10,12-13,17,20,22,24,26-27,30H2. The zero-order valence-electron chi connectivity index (χ0n) is 30.3. The van der Waals surface area contributed by atoms with Gasteiger partial charge in [-0.3, -0.25) is 0 Å². The molecular formula is C49H49N3. The number of fused-ring (bicyclic) bond motifs is 6. The Labute approximate surface area is 309 Å². The monoisotopic (exact) mass is 679 g/mol. The summed E-state index contributed by atoms with van der Waals surface area (Å²) in [5, 5.41) is 11.6. The second-order valence-corrected chi connectivity index (χ2v) is 16.1. The molecule has 0 bridgehead atoms. The predicted octanol–water partition coefficient (Wildman–Crippen LogP) is 11.6. The molecule has 3 aromatic rings. The Kier molecular flexibility index (Phi) is 8.16. The Hall–Kier alpha value is -4.81. The van der Waals surface area contributed by atoms with Gasteiger partial charge in [0.2, 0.25) is 0 Å². The van der Waals surface area contributed by atoms with Crippen molar-refractivity contribution in [2.75, 3.05) is 0 Å². The summed E-state index contributed by atoms with van der Waals surface area (Å²) in [5.41, 5.74) is 15.0. The highest BCUT2D eigenvalue weighted by Crippen LogP contribution is 2.50. The Morgan fingerprint density at radius 1 is 0.769 bits per heavy atom. The molecule has 52 heavy (non-hydrogen) atoms. The maximum atomic E-state index is 10.2. The van der Waals surface area contributed by atoms with Crippen molar-refractivity contribution < 1.29 is 0 Å². The van der Waals surface area contributed by atoms with Crippen molar-refractivity contribution in [1.82, 2.24) is 9.13 Å². The Balaban J connectivity index is 1.13. The van der Waals surface area contributed by atoms with E-state index in [2.05, 4.69) is 131 Å². The van der Waals surface area contributed by atoms with E-state index >= 15 is 0 Å². The number of aromatic nitrogens is 2. The van der Waals surface area contributed by atoms with Gasteiger partial charge >= 0.3 is 0 Å². The molecule has 6 unspecified atom stereocenters. The maximum absolute atomic E-state index is 10.2. The maximum Gasteiger partial charge on any atom is 0.0746 e. The minimum Gasteiger partial charge on any atom is -0.337 e. The van der Waals surface area contributed by atoms with Crippen LogP contribution in [0.3, 0.4) is 0 Å². The van der Waals surface area contributed by atoms with E-state index in [1.54, 1.807) is 22.4 Å². The molecule has 0 saturated heterocycles.